The van der Waals surface area contributed by atoms with E-state index in [1.165, 1.54) is 36.0 Å². The van der Waals surface area contributed by atoms with Crippen LogP contribution in [0.4, 0.5) is 0 Å². The van der Waals surface area contributed by atoms with Gasteiger partial charge in [0.1, 0.15) is 0 Å². The molecule has 1 aromatic carbocycles. The molecule has 1 spiro atoms. The van der Waals surface area contributed by atoms with E-state index in [2.05, 4.69) is 41.6 Å². The van der Waals surface area contributed by atoms with Crippen LogP contribution in [0.1, 0.15) is 47.3 Å². The fraction of sp³-hybridized carbons (Fsp3) is 0.524. The molecule has 25 heavy (non-hydrogen) atoms. The standard InChI is InChI=1S/C21H27N3O/c1-14-18(15(2)24(3)23-14)8-9-20(25)22-13-17-12-21(17)11-10-16-6-4-5-7-19(16)21/h4-7,17H,8-13H2,1-3H3,(H,22,25). The molecule has 4 rings (SSSR count). The molecule has 1 saturated carbocycles. The smallest absolute Gasteiger partial charge is 0.220 e. The van der Waals surface area contributed by atoms with Crippen LogP contribution in [0.2, 0.25) is 0 Å². The zero-order valence-corrected chi connectivity index (χ0v) is 15.4. The summed E-state index contributed by atoms with van der Waals surface area (Å²) in [5.74, 6) is 0.776. The second kappa shape index (κ2) is 6.01. The monoisotopic (exact) mass is 337 g/mol. The Morgan fingerprint density at radius 1 is 1.36 bits per heavy atom. The number of carbonyl (C=O) groups is 1. The highest BCUT2D eigenvalue weighted by Gasteiger charge is 2.57. The van der Waals surface area contributed by atoms with Crippen molar-refractivity contribution in [2.24, 2.45) is 13.0 Å². The van der Waals surface area contributed by atoms with Gasteiger partial charge >= 0.3 is 0 Å². The summed E-state index contributed by atoms with van der Waals surface area (Å²) >= 11 is 0. The number of amides is 1. The van der Waals surface area contributed by atoms with E-state index in [1.807, 2.05) is 18.7 Å². The Morgan fingerprint density at radius 2 is 2.16 bits per heavy atom. The van der Waals surface area contributed by atoms with Crippen LogP contribution in [0, 0.1) is 19.8 Å². The van der Waals surface area contributed by atoms with Crippen molar-refractivity contribution in [3.8, 4) is 0 Å². The van der Waals surface area contributed by atoms with Gasteiger partial charge in [-0.1, -0.05) is 24.3 Å². The molecule has 1 aromatic heterocycles. The third kappa shape index (κ3) is 2.78. The number of nitrogens with one attached hydrogen (secondary N) is 1. The predicted octanol–water partition coefficient (Wildman–Crippen LogP) is 2.99. The average molecular weight is 337 g/mol. The third-order valence-corrected chi connectivity index (χ3v) is 6.43. The largest absolute Gasteiger partial charge is 0.356 e. The second-order valence-electron chi connectivity index (χ2n) is 7.79. The molecule has 1 amide bonds. The lowest BCUT2D eigenvalue weighted by molar-refractivity contribution is -0.121. The molecule has 132 valence electrons. The quantitative estimate of drug-likeness (QED) is 0.912. The summed E-state index contributed by atoms with van der Waals surface area (Å²) < 4.78 is 1.90. The summed E-state index contributed by atoms with van der Waals surface area (Å²) in [5.41, 5.74) is 6.82. The number of hydrogen-bond donors (Lipinski definition) is 1. The first-order valence-electron chi connectivity index (χ1n) is 9.35. The van der Waals surface area contributed by atoms with Crippen molar-refractivity contribution in [2.75, 3.05) is 6.54 Å². The van der Waals surface area contributed by atoms with Crippen molar-refractivity contribution < 1.29 is 4.79 Å². The molecule has 4 heteroatoms. The van der Waals surface area contributed by atoms with Gasteiger partial charge in [-0.3, -0.25) is 9.48 Å². The second-order valence-corrected chi connectivity index (χ2v) is 7.79. The van der Waals surface area contributed by atoms with E-state index in [4.69, 9.17) is 0 Å². The molecule has 2 aromatic rings. The molecule has 1 heterocycles. The number of carbonyl (C=O) groups excluding carboxylic acids is 1. The van der Waals surface area contributed by atoms with Gasteiger partial charge < -0.3 is 5.32 Å². The van der Waals surface area contributed by atoms with Crippen molar-refractivity contribution in [3.63, 3.8) is 0 Å². The van der Waals surface area contributed by atoms with Crippen molar-refractivity contribution in [2.45, 2.75) is 51.4 Å². The number of benzene rings is 1. The molecule has 0 aliphatic heterocycles. The summed E-state index contributed by atoms with van der Waals surface area (Å²) in [5, 5.41) is 7.60. The Labute approximate surface area is 149 Å². The first-order chi connectivity index (χ1) is 12.0. The zero-order valence-electron chi connectivity index (χ0n) is 15.4. The number of fused-ring (bicyclic) bond motifs is 2. The fourth-order valence-corrected chi connectivity index (χ4v) is 4.74. The van der Waals surface area contributed by atoms with Crippen LogP contribution in [-0.4, -0.2) is 22.2 Å². The van der Waals surface area contributed by atoms with E-state index in [0.29, 0.717) is 17.8 Å². The van der Waals surface area contributed by atoms with Gasteiger partial charge in [0.2, 0.25) is 5.91 Å². The van der Waals surface area contributed by atoms with Crippen molar-refractivity contribution in [1.82, 2.24) is 15.1 Å². The minimum atomic E-state index is 0.163. The normalized spacial score (nSPS) is 23.7. The maximum absolute atomic E-state index is 12.3. The van der Waals surface area contributed by atoms with Crippen molar-refractivity contribution in [1.29, 1.82) is 0 Å². The molecule has 0 radical (unpaired) electrons. The third-order valence-electron chi connectivity index (χ3n) is 6.43. The van der Waals surface area contributed by atoms with Crippen LogP contribution >= 0.6 is 0 Å². The summed E-state index contributed by atoms with van der Waals surface area (Å²) in [6.45, 7) is 4.91. The van der Waals surface area contributed by atoms with E-state index in [0.717, 1.165) is 24.4 Å². The summed E-state index contributed by atoms with van der Waals surface area (Å²) in [6.07, 6.45) is 4.99. The summed E-state index contributed by atoms with van der Waals surface area (Å²) in [4.78, 5) is 12.3. The number of aryl methyl sites for hydroxylation is 3. The van der Waals surface area contributed by atoms with Crippen LogP contribution in [0.5, 0.6) is 0 Å². The minimum Gasteiger partial charge on any atom is -0.356 e. The summed E-state index contributed by atoms with van der Waals surface area (Å²) in [7, 11) is 1.96. The number of hydrogen-bond acceptors (Lipinski definition) is 2. The van der Waals surface area contributed by atoms with Crippen LogP contribution in [0.3, 0.4) is 0 Å². The lowest BCUT2D eigenvalue weighted by Gasteiger charge is -2.12. The molecular weight excluding hydrogens is 310 g/mol. The SMILES string of the molecule is Cc1nn(C)c(C)c1CCC(=O)NCC1CC12CCc1ccccc12. The van der Waals surface area contributed by atoms with Crippen LogP contribution in [0.15, 0.2) is 24.3 Å². The topological polar surface area (TPSA) is 46.9 Å². The molecule has 2 aliphatic rings. The minimum absolute atomic E-state index is 0.163. The molecule has 2 unspecified atom stereocenters. The molecule has 1 fully saturated rings. The van der Waals surface area contributed by atoms with E-state index >= 15 is 0 Å². The Bertz CT molecular complexity index is 823. The number of aromatic nitrogens is 2. The van der Waals surface area contributed by atoms with Crippen LogP contribution < -0.4 is 5.32 Å². The van der Waals surface area contributed by atoms with Crippen molar-refractivity contribution >= 4 is 5.91 Å². The van der Waals surface area contributed by atoms with E-state index in [-0.39, 0.29) is 5.91 Å². The predicted molar refractivity (Wildman–Crippen MR) is 98.6 cm³/mol. The highest BCUT2D eigenvalue weighted by molar-refractivity contribution is 5.76. The molecule has 1 N–H and O–H groups in total. The van der Waals surface area contributed by atoms with Crippen LogP contribution in [0.25, 0.3) is 0 Å². The molecule has 4 nitrogen and oxygen atoms in total. The van der Waals surface area contributed by atoms with Gasteiger partial charge in [-0.05, 0) is 62.1 Å². The maximum atomic E-state index is 12.3. The van der Waals surface area contributed by atoms with Gasteiger partial charge in [0, 0.05) is 31.1 Å². The lowest BCUT2D eigenvalue weighted by atomic mass is 9.95. The molecule has 2 atom stereocenters. The number of rotatable bonds is 5. The molecular formula is C21H27N3O. The van der Waals surface area contributed by atoms with Gasteiger partial charge in [-0.15, -0.1) is 0 Å². The van der Waals surface area contributed by atoms with Crippen molar-refractivity contribution in [3.05, 3.63) is 52.3 Å². The first kappa shape index (κ1) is 16.4. The van der Waals surface area contributed by atoms with E-state index in [1.54, 1.807) is 0 Å². The van der Waals surface area contributed by atoms with E-state index < -0.39 is 0 Å². The first-order valence-corrected chi connectivity index (χ1v) is 9.35. The Balaban J connectivity index is 1.29. The van der Waals surface area contributed by atoms with Gasteiger partial charge in [-0.25, -0.2) is 0 Å². The van der Waals surface area contributed by atoms with E-state index in [9.17, 15) is 4.79 Å². The number of nitrogens with zero attached hydrogens (tertiary/aromatic N) is 2. The van der Waals surface area contributed by atoms with Gasteiger partial charge in [0.25, 0.3) is 0 Å². The average Bonchev–Trinajstić information content (AvgIpc) is 3.10. The Hall–Kier alpha value is -2.10. The van der Waals surface area contributed by atoms with Crippen LogP contribution in [-0.2, 0) is 30.1 Å². The maximum Gasteiger partial charge on any atom is 0.220 e. The highest BCUT2D eigenvalue weighted by Crippen LogP contribution is 2.61. The highest BCUT2D eigenvalue weighted by atomic mass is 16.1. The molecule has 2 aliphatic carbocycles. The molecule has 0 bridgehead atoms. The lowest BCUT2D eigenvalue weighted by Crippen LogP contribution is -2.27. The van der Waals surface area contributed by atoms with Gasteiger partial charge in [-0.2, -0.15) is 5.10 Å². The summed E-state index contributed by atoms with van der Waals surface area (Å²) in [6, 6.07) is 8.84. The van der Waals surface area contributed by atoms with Gasteiger partial charge in [0.05, 0.1) is 5.69 Å². The van der Waals surface area contributed by atoms with Gasteiger partial charge in [0.15, 0.2) is 0 Å². The Morgan fingerprint density at radius 3 is 2.92 bits per heavy atom. The zero-order chi connectivity index (χ0) is 17.6. The Kier molecular flexibility index (Phi) is 3.94. The molecule has 0 saturated heterocycles. The fourth-order valence-electron chi connectivity index (χ4n) is 4.74.